The number of halogens is 3. The first-order chi connectivity index (χ1) is 9.74. The van der Waals surface area contributed by atoms with Crippen LogP contribution in [0.3, 0.4) is 0 Å². The molecular formula is C15H20F3NO2. The number of aliphatic hydroxyl groups excluding tert-OH is 1. The van der Waals surface area contributed by atoms with Crippen LogP contribution < -0.4 is 5.32 Å². The zero-order chi connectivity index (χ0) is 16.0. The summed E-state index contributed by atoms with van der Waals surface area (Å²) in [4.78, 5) is 11.7. The molecule has 1 rings (SSSR count). The Morgan fingerprint density at radius 1 is 1.24 bits per heavy atom. The van der Waals surface area contributed by atoms with Gasteiger partial charge >= 0.3 is 6.18 Å². The predicted molar refractivity (Wildman–Crippen MR) is 73.7 cm³/mol. The third-order valence-corrected chi connectivity index (χ3v) is 3.26. The van der Waals surface area contributed by atoms with Crippen LogP contribution in [0.25, 0.3) is 0 Å². The van der Waals surface area contributed by atoms with E-state index in [1.807, 2.05) is 0 Å². The number of alkyl halides is 3. The first-order valence-corrected chi connectivity index (χ1v) is 6.78. The molecule has 21 heavy (non-hydrogen) atoms. The summed E-state index contributed by atoms with van der Waals surface area (Å²) in [5.41, 5.74) is -0.00645. The van der Waals surface area contributed by atoms with Gasteiger partial charge in [-0.3, -0.25) is 4.79 Å². The second kappa shape index (κ2) is 7.45. The van der Waals surface area contributed by atoms with E-state index in [1.54, 1.807) is 13.8 Å². The van der Waals surface area contributed by atoms with Gasteiger partial charge in [-0.05, 0) is 29.5 Å². The molecule has 0 fully saturated rings. The number of aliphatic hydroxyl groups is 1. The number of carbonyl (C=O) groups is 1. The summed E-state index contributed by atoms with van der Waals surface area (Å²) in [6.45, 7) is 3.97. The Morgan fingerprint density at radius 2 is 1.81 bits per heavy atom. The molecule has 2 atom stereocenters. The second-order valence-electron chi connectivity index (χ2n) is 5.32. The van der Waals surface area contributed by atoms with Crippen molar-refractivity contribution in [3.63, 3.8) is 0 Å². The van der Waals surface area contributed by atoms with Crippen LogP contribution in [0, 0.1) is 5.92 Å². The SMILES string of the molecule is CC(CO)CNC(=O)CC(C)c1ccc(C(F)(F)F)cc1. The molecule has 118 valence electrons. The van der Waals surface area contributed by atoms with Gasteiger partial charge in [0.25, 0.3) is 0 Å². The van der Waals surface area contributed by atoms with E-state index in [2.05, 4.69) is 5.32 Å². The highest BCUT2D eigenvalue weighted by atomic mass is 19.4. The van der Waals surface area contributed by atoms with Crippen LogP contribution in [-0.2, 0) is 11.0 Å². The minimum absolute atomic E-state index is 0.00522. The standard InChI is InChI=1S/C15H20F3NO2/c1-10(9-20)8-19-14(21)7-11(2)12-3-5-13(6-4-12)15(16,17)18/h3-6,10-11,20H,7-9H2,1-2H3,(H,19,21). The summed E-state index contributed by atoms with van der Waals surface area (Å²) in [5.74, 6) is -0.366. The Labute approximate surface area is 122 Å². The quantitative estimate of drug-likeness (QED) is 0.849. The summed E-state index contributed by atoms with van der Waals surface area (Å²) in [7, 11) is 0. The number of nitrogens with one attached hydrogen (secondary N) is 1. The van der Waals surface area contributed by atoms with E-state index in [0.717, 1.165) is 12.1 Å². The Bertz CT molecular complexity index is 457. The van der Waals surface area contributed by atoms with Crippen molar-refractivity contribution in [3.05, 3.63) is 35.4 Å². The van der Waals surface area contributed by atoms with Crippen LogP contribution in [0.2, 0.25) is 0 Å². The van der Waals surface area contributed by atoms with Crippen LogP contribution in [0.5, 0.6) is 0 Å². The maximum absolute atomic E-state index is 12.5. The van der Waals surface area contributed by atoms with Gasteiger partial charge in [-0.25, -0.2) is 0 Å². The van der Waals surface area contributed by atoms with Crippen molar-refractivity contribution in [3.8, 4) is 0 Å². The molecule has 0 radical (unpaired) electrons. The number of carbonyl (C=O) groups excluding carboxylic acids is 1. The van der Waals surface area contributed by atoms with Gasteiger partial charge in [0, 0.05) is 19.6 Å². The molecule has 0 aliphatic heterocycles. The van der Waals surface area contributed by atoms with Gasteiger partial charge in [-0.15, -0.1) is 0 Å². The zero-order valence-corrected chi connectivity index (χ0v) is 12.1. The van der Waals surface area contributed by atoms with E-state index in [0.29, 0.717) is 12.1 Å². The molecule has 1 aromatic carbocycles. The van der Waals surface area contributed by atoms with Gasteiger partial charge in [-0.1, -0.05) is 26.0 Å². The van der Waals surface area contributed by atoms with Crippen LogP contribution >= 0.6 is 0 Å². The number of hydrogen-bond acceptors (Lipinski definition) is 2. The van der Waals surface area contributed by atoms with E-state index in [-0.39, 0.29) is 30.8 Å². The first-order valence-electron chi connectivity index (χ1n) is 6.78. The molecule has 1 aromatic rings. The van der Waals surface area contributed by atoms with Crippen LogP contribution in [0.4, 0.5) is 13.2 Å². The molecule has 0 aromatic heterocycles. The summed E-state index contributed by atoms with van der Waals surface area (Å²) >= 11 is 0. The van der Waals surface area contributed by atoms with Gasteiger partial charge in [0.05, 0.1) is 5.56 Å². The molecule has 0 saturated carbocycles. The minimum atomic E-state index is -4.35. The number of benzene rings is 1. The number of amides is 1. The molecule has 0 aliphatic rings. The van der Waals surface area contributed by atoms with Gasteiger partial charge in [0.1, 0.15) is 0 Å². The maximum atomic E-state index is 12.5. The summed E-state index contributed by atoms with van der Waals surface area (Å²) in [6.07, 6.45) is -4.15. The zero-order valence-electron chi connectivity index (χ0n) is 12.1. The first kappa shape index (κ1) is 17.5. The fraction of sp³-hybridized carbons (Fsp3) is 0.533. The summed E-state index contributed by atoms with van der Waals surface area (Å²) in [6, 6.07) is 4.85. The largest absolute Gasteiger partial charge is 0.416 e. The fourth-order valence-corrected chi connectivity index (χ4v) is 1.82. The van der Waals surface area contributed by atoms with Crippen molar-refractivity contribution >= 4 is 5.91 Å². The Balaban J connectivity index is 2.55. The van der Waals surface area contributed by atoms with Crippen molar-refractivity contribution in [1.82, 2.24) is 5.32 Å². The van der Waals surface area contributed by atoms with Gasteiger partial charge in [-0.2, -0.15) is 13.2 Å². The van der Waals surface area contributed by atoms with E-state index < -0.39 is 11.7 Å². The molecular weight excluding hydrogens is 283 g/mol. The summed E-state index contributed by atoms with van der Waals surface area (Å²) in [5, 5.41) is 11.5. The van der Waals surface area contributed by atoms with Crippen LogP contribution in [0.15, 0.2) is 24.3 Å². The van der Waals surface area contributed by atoms with Crippen molar-refractivity contribution in [2.45, 2.75) is 32.4 Å². The molecule has 3 nitrogen and oxygen atoms in total. The van der Waals surface area contributed by atoms with E-state index in [9.17, 15) is 18.0 Å². The third-order valence-electron chi connectivity index (χ3n) is 3.26. The molecule has 0 aliphatic carbocycles. The third kappa shape index (κ3) is 5.75. The molecule has 2 unspecified atom stereocenters. The van der Waals surface area contributed by atoms with Crippen molar-refractivity contribution in [2.24, 2.45) is 5.92 Å². The maximum Gasteiger partial charge on any atom is 0.416 e. The topological polar surface area (TPSA) is 49.3 Å². The average molecular weight is 303 g/mol. The molecule has 1 amide bonds. The van der Waals surface area contributed by atoms with Crippen molar-refractivity contribution < 1.29 is 23.1 Å². The van der Waals surface area contributed by atoms with E-state index in [4.69, 9.17) is 5.11 Å². The minimum Gasteiger partial charge on any atom is -0.396 e. The second-order valence-corrected chi connectivity index (χ2v) is 5.32. The highest BCUT2D eigenvalue weighted by Gasteiger charge is 2.30. The van der Waals surface area contributed by atoms with E-state index >= 15 is 0 Å². The number of rotatable bonds is 6. The molecule has 0 bridgehead atoms. The van der Waals surface area contributed by atoms with Crippen molar-refractivity contribution in [1.29, 1.82) is 0 Å². The number of hydrogen-bond donors (Lipinski definition) is 2. The highest BCUT2D eigenvalue weighted by molar-refractivity contribution is 5.76. The monoisotopic (exact) mass is 303 g/mol. The Morgan fingerprint density at radius 3 is 2.29 bits per heavy atom. The lowest BCUT2D eigenvalue weighted by molar-refractivity contribution is -0.137. The van der Waals surface area contributed by atoms with Crippen molar-refractivity contribution in [2.75, 3.05) is 13.2 Å². The smallest absolute Gasteiger partial charge is 0.396 e. The molecule has 6 heteroatoms. The summed E-state index contributed by atoms with van der Waals surface area (Å²) < 4.78 is 37.4. The van der Waals surface area contributed by atoms with Gasteiger partial charge < -0.3 is 10.4 Å². The van der Waals surface area contributed by atoms with Gasteiger partial charge in [0.2, 0.25) is 5.91 Å². The van der Waals surface area contributed by atoms with Crippen LogP contribution in [0.1, 0.15) is 37.3 Å². The normalized spacial score (nSPS) is 14.6. The molecule has 0 heterocycles. The lowest BCUT2D eigenvalue weighted by atomic mass is 9.96. The molecule has 2 N–H and O–H groups in total. The average Bonchev–Trinajstić information content (AvgIpc) is 2.43. The fourth-order valence-electron chi connectivity index (χ4n) is 1.82. The Hall–Kier alpha value is -1.56. The molecule has 0 spiro atoms. The van der Waals surface area contributed by atoms with Crippen LogP contribution in [-0.4, -0.2) is 24.2 Å². The predicted octanol–water partition coefficient (Wildman–Crippen LogP) is 2.94. The Kier molecular flexibility index (Phi) is 6.20. The lowest BCUT2D eigenvalue weighted by Crippen LogP contribution is -2.30. The van der Waals surface area contributed by atoms with Gasteiger partial charge in [0.15, 0.2) is 0 Å². The van der Waals surface area contributed by atoms with E-state index in [1.165, 1.54) is 12.1 Å². The molecule has 0 saturated heterocycles. The lowest BCUT2D eigenvalue weighted by Gasteiger charge is -2.15. The highest BCUT2D eigenvalue weighted by Crippen LogP contribution is 2.30.